The Kier molecular flexibility index (Phi) is 5.46. The summed E-state index contributed by atoms with van der Waals surface area (Å²) in [7, 11) is 0. The van der Waals surface area contributed by atoms with Crippen LogP contribution in [0.15, 0.2) is 30.3 Å². The molecule has 0 saturated heterocycles. The van der Waals surface area contributed by atoms with Gasteiger partial charge in [0.1, 0.15) is 0 Å². The first-order valence-corrected chi connectivity index (χ1v) is 5.05. The number of hydrogen-bond acceptors (Lipinski definition) is 2. The van der Waals surface area contributed by atoms with Crippen molar-refractivity contribution in [1.29, 1.82) is 5.26 Å². The van der Waals surface area contributed by atoms with Gasteiger partial charge in [-0.05, 0) is 24.9 Å². The minimum absolute atomic E-state index is 0.674. The third-order valence-corrected chi connectivity index (χ3v) is 2.06. The lowest BCUT2D eigenvalue weighted by atomic mass is 10.2. The molecule has 0 aliphatic carbocycles. The van der Waals surface area contributed by atoms with Gasteiger partial charge in [0.15, 0.2) is 0 Å². The van der Waals surface area contributed by atoms with Crippen molar-refractivity contribution in [2.45, 2.75) is 25.8 Å². The molecule has 0 saturated carbocycles. The first-order valence-electron chi connectivity index (χ1n) is 5.05. The first kappa shape index (κ1) is 10.7. The highest BCUT2D eigenvalue weighted by atomic mass is 14.8. The topological polar surface area (TPSA) is 35.8 Å². The first-order chi connectivity index (χ1) is 6.93. The highest BCUT2D eigenvalue weighted by Gasteiger charge is 1.90. The summed E-state index contributed by atoms with van der Waals surface area (Å²) in [6.45, 7) is 1.92. The molecule has 14 heavy (non-hydrogen) atoms. The Hall–Kier alpha value is -1.33. The molecule has 1 N–H and O–H groups in total. The van der Waals surface area contributed by atoms with Crippen LogP contribution in [0.2, 0.25) is 0 Å². The lowest BCUT2D eigenvalue weighted by Gasteiger charge is -2.03. The number of nitriles is 1. The van der Waals surface area contributed by atoms with Crippen molar-refractivity contribution in [1.82, 2.24) is 5.32 Å². The maximum absolute atomic E-state index is 8.33. The molecule has 74 valence electrons. The zero-order valence-corrected chi connectivity index (χ0v) is 8.37. The van der Waals surface area contributed by atoms with Crippen molar-refractivity contribution in [3.63, 3.8) is 0 Å². The van der Waals surface area contributed by atoms with Crippen LogP contribution < -0.4 is 5.32 Å². The second-order valence-electron chi connectivity index (χ2n) is 3.28. The average molecular weight is 188 g/mol. The molecule has 0 radical (unpaired) electrons. The molecule has 0 heterocycles. The third kappa shape index (κ3) is 4.64. The van der Waals surface area contributed by atoms with E-state index in [2.05, 4.69) is 23.5 Å². The Morgan fingerprint density at radius 3 is 2.64 bits per heavy atom. The fourth-order valence-corrected chi connectivity index (χ4v) is 1.28. The molecule has 0 fully saturated rings. The van der Waals surface area contributed by atoms with Gasteiger partial charge in [0, 0.05) is 13.0 Å². The number of unbranched alkanes of at least 4 members (excludes halogenated alkanes) is 2. The number of nitrogens with one attached hydrogen (secondary N) is 1. The quantitative estimate of drug-likeness (QED) is 0.696. The minimum Gasteiger partial charge on any atom is -0.313 e. The van der Waals surface area contributed by atoms with Crippen molar-refractivity contribution < 1.29 is 0 Å². The molecule has 0 atom stereocenters. The predicted octanol–water partition coefficient (Wildman–Crippen LogP) is 2.47. The molecular formula is C12H16N2. The Morgan fingerprint density at radius 2 is 1.93 bits per heavy atom. The summed E-state index contributed by atoms with van der Waals surface area (Å²) in [5, 5.41) is 11.7. The zero-order chi connectivity index (χ0) is 10.1. The van der Waals surface area contributed by atoms with Gasteiger partial charge in [-0.25, -0.2) is 0 Å². The Balaban J connectivity index is 2.03. The number of benzene rings is 1. The normalized spacial score (nSPS) is 9.64. The van der Waals surface area contributed by atoms with Gasteiger partial charge in [-0.2, -0.15) is 5.26 Å². The van der Waals surface area contributed by atoms with Gasteiger partial charge in [0.2, 0.25) is 0 Å². The van der Waals surface area contributed by atoms with E-state index in [0.29, 0.717) is 6.42 Å². The van der Waals surface area contributed by atoms with E-state index in [1.807, 2.05) is 18.2 Å². The Labute approximate surface area is 85.6 Å². The second-order valence-corrected chi connectivity index (χ2v) is 3.28. The lowest BCUT2D eigenvalue weighted by Crippen LogP contribution is -2.14. The molecule has 1 aromatic carbocycles. The van der Waals surface area contributed by atoms with E-state index in [4.69, 9.17) is 5.26 Å². The van der Waals surface area contributed by atoms with Gasteiger partial charge in [0.25, 0.3) is 0 Å². The standard InChI is InChI=1S/C12H16N2/c13-9-5-2-6-10-14-11-12-7-3-1-4-8-12/h1,3-4,7-8,14H,2,5-6,10-11H2. The average Bonchev–Trinajstić information content (AvgIpc) is 2.25. The van der Waals surface area contributed by atoms with Crippen LogP contribution in [0.1, 0.15) is 24.8 Å². The number of hydrogen-bond donors (Lipinski definition) is 1. The van der Waals surface area contributed by atoms with Crippen LogP contribution in [0.4, 0.5) is 0 Å². The molecule has 2 heteroatoms. The van der Waals surface area contributed by atoms with Crippen LogP contribution in [-0.2, 0) is 6.54 Å². The minimum atomic E-state index is 0.674. The molecule has 0 unspecified atom stereocenters. The maximum atomic E-state index is 8.33. The second kappa shape index (κ2) is 7.11. The summed E-state index contributed by atoms with van der Waals surface area (Å²) in [6, 6.07) is 12.5. The summed E-state index contributed by atoms with van der Waals surface area (Å²) in [5.41, 5.74) is 1.31. The van der Waals surface area contributed by atoms with E-state index in [9.17, 15) is 0 Å². The van der Waals surface area contributed by atoms with E-state index in [-0.39, 0.29) is 0 Å². The van der Waals surface area contributed by atoms with Crippen LogP contribution in [0.3, 0.4) is 0 Å². The SMILES string of the molecule is N#CCCCCNCc1ccccc1. The van der Waals surface area contributed by atoms with Crippen LogP contribution in [0.5, 0.6) is 0 Å². The van der Waals surface area contributed by atoms with E-state index < -0.39 is 0 Å². The molecule has 0 amide bonds. The highest BCUT2D eigenvalue weighted by molar-refractivity contribution is 5.14. The van der Waals surface area contributed by atoms with Crippen LogP contribution in [0, 0.1) is 11.3 Å². The van der Waals surface area contributed by atoms with Gasteiger partial charge in [-0.3, -0.25) is 0 Å². The van der Waals surface area contributed by atoms with Gasteiger partial charge in [0.05, 0.1) is 6.07 Å². The van der Waals surface area contributed by atoms with E-state index in [0.717, 1.165) is 25.9 Å². The summed E-state index contributed by atoms with van der Waals surface area (Å²) in [4.78, 5) is 0. The van der Waals surface area contributed by atoms with Crippen LogP contribution >= 0.6 is 0 Å². The molecule has 1 rings (SSSR count). The molecule has 0 aromatic heterocycles. The summed E-state index contributed by atoms with van der Waals surface area (Å²) >= 11 is 0. The molecule has 0 aliphatic heterocycles. The van der Waals surface area contributed by atoms with Gasteiger partial charge in [-0.15, -0.1) is 0 Å². The van der Waals surface area contributed by atoms with Crippen molar-refractivity contribution in [2.24, 2.45) is 0 Å². The fourth-order valence-electron chi connectivity index (χ4n) is 1.28. The van der Waals surface area contributed by atoms with Crippen LogP contribution in [0.25, 0.3) is 0 Å². The molecule has 0 spiro atoms. The van der Waals surface area contributed by atoms with E-state index in [1.54, 1.807) is 0 Å². The van der Waals surface area contributed by atoms with E-state index in [1.165, 1.54) is 5.56 Å². The highest BCUT2D eigenvalue weighted by Crippen LogP contribution is 1.97. The summed E-state index contributed by atoms with van der Waals surface area (Å²) in [5.74, 6) is 0. The van der Waals surface area contributed by atoms with E-state index >= 15 is 0 Å². The maximum Gasteiger partial charge on any atom is 0.0621 e. The van der Waals surface area contributed by atoms with Gasteiger partial charge < -0.3 is 5.32 Å². The van der Waals surface area contributed by atoms with Crippen molar-refractivity contribution >= 4 is 0 Å². The number of nitrogens with zero attached hydrogens (tertiary/aromatic N) is 1. The lowest BCUT2D eigenvalue weighted by molar-refractivity contribution is 0.629. The fraction of sp³-hybridized carbons (Fsp3) is 0.417. The third-order valence-electron chi connectivity index (χ3n) is 2.06. The van der Waals surface area contributed by atoms with Crippen molar-refractivity contribution in [3.05, 3.63) is 35.9 Å². The summed E-state index contributed by atoms with van der Waals surface area (Å²) < 4.78 is 0. The molecule has 0 aliphatic rings. The predicted molar refractivity (Wildman–Crippen MR) is 57.6 cm³/mol. The largest absolute Gasteiger partial charge is 0.313 e. The summed E-state index contributed by atoms with van der Waals surface area (Å²) in [6.07, 6.45) is 2.76. The Morgan fingerprint density at radius 1 is 1.14 bits per heavy atom. The molecule has 0 bridgehead atoms. The Bertz CT molecular complexity index is 274. The molecular weight excluding hydrogens is 172 g/mol. The van der Waals surface area contributed by atoms with Crippen molar-refractivity contribution in [3.8, 4) is 6.07 Å². The van der Waals surface area contributed by atoms with Crippen LogP contribution in [-0.4, -0.2) is 6.54 Å². The smallest absolute Gasteiger partial charge is 0.0621 e. The number of rotatable bonds is 6. The van der Waals surface area contributed by atoms with Gasteiger partial charge >= 0.3 is 0 Å². The molecule has 1 aromatic rings. The van der Waals surface area contributed by atoms with Gasteiger partial charge in [-0.1, -0.05) is 30.3 Å². The monoisotopic (exact) mass is 188 g/mol. The van der Waals surface area contributed by atoms with Crippen molar-refractivity contribution in [2.75, 3.05) is 6.54 Å². The molecule has 2 nitrogen and oxygen atoms in total. The zero-order valence-electron chi connectivity index (χ0n) is 8.37.